The van der Waals surface area contributed by atoms with E-state index in [0.29, 0.717) is 19.4 Å². The molecule has 0 bridgehead atoms. The van der Waals surface area contributed by atoms with Gasteiger partial charge in [0.25, 0.3) is 0 Å². The van der Waals surface area contributed by atoms with Crippen molar-refractivity contribution in [3.05, 3.63) is 22.4 Å². The fraction of sp³-hybridized carbons (Fsp3) is 0.500. The van der Waals surface area contributed by atoms with E-state index >= 15 is 0 Å². The maximum Gasteiger partial charge on any atom is 0.320 e. The number of hydrogen-bond acceptors (Lipinski definition) is 4. The van der Waals surface area contributed by atoms with Crippen molar-refractivity contribution in [3.63, 3.8) is 0 Å². The van der Waals surface area contributed by atoms with Crippen LogP contribution in [0.5, 0.6) is 0 Å². The van der Waals surface area contributed by atoms with Crippen LogP contribution in [0.25, 0.3) is 0 Å². The summed E-state index contributed by atoms with van der Waals surface area (Å²) in [7, 11) is 0. The Hall–Kier alpha value is -1.20. The number of carboxylic acid groups (broad SMARTS) is 1. The first-order valence-electron chi connectivity index (χ1n) is 5.72. The van der Waals surface area contributed by atoms with Crippen molar-refractivity contribution in [1.29, 1.82) is 0 Å². The average Bonchev–Trinajstić information content (AvgIpc) is 2.96. The monoisotopic (exact) mass is 253 g/mol. The smallest absolute Gasteiger partial charge is 0.320 e. The lowest BCUT2D eigenvalue weighted by Crippen LogP contribution is -2.37. The van der Waals surface area contributed by atoms with Crippen molar-refractivity contribution in [2.24, 2.45) is 0 Å². The Bertz CT molecular complexity index is 402. The van der Waals surface area contributed by atoms with Crippen molar-refractivity contribution in [2.45, 2.75) is 25.3 Å². The highest BCUT2D eigenvalue weighted by Gasteiger charge is 2.30. The van der Waals surface area contributed by atoms with Gasteiger partial charge in [-0.2, -0.15) is 0 Å². The van der Waals surface area contributed by atoms with Gasteiger partial charge in [0.15, 0.2) is 5.78 Å². The number of carboxylic acids is 1. The van der Waals surface area contributed by atoms with Crippen LogP contribution < -0.4 is 0 Å². The standard InChI is InChI=1S/C12H15NO3S/c14-10(11-4-2-8-17-11)5-7-13-6-1-3-9(13)12(15)16/h2,4,8-9H,1,3,5-7H2,(H,15,16). The lowest BCUT2D eigenvalue weighted by Gasteiger charge is -2.20. The molecular weight excluding hydrogens is 238 g/mol. The van der Waals surface area contributed by atoms with Crippen molar-refractivity contribution in [3.8, 4) is 0 Å². The zero-order valence-electron chi connectivity index (χ0n) is 9.46. The summed E-state index contributed by atoms with van der Waals surface area (Å²) in [5.41, 5.74) is 0. The average molecular weight is 253 g/mol. The molecule has 1 aliphatic heterocycles. The molecule has 1 aromatic heterocycles. The van der Waals surface area contributed by atoms with E-state index in [1.54, 1.807) is 0 Å². The molecular formula is C12H15NO3S. The molecule has 2 heterocycles. The van der Waals surface area contributed by atoms with Crippen molar-refractivity contribution >= 4 is 23.1 Å². The molecule has 0 saturated carbocycles. The first-order chi connectivity index (χ1) is 8.18. The number of carbonyl (C=O) groups is 2. The second-order valence-corrected chi connectivity index (χ2v) is 5.13. The highest BCUT2D eigenvalue weighted by molar-refractivity contribution is 7.12. The third-order valence-corrected chi connectivity index (χ3v) is 3.98. The number of likely N-dealkylation sites (tertiary alicyclic amines) is 1. The number of Topliss-reactive ketones (excluding diaryl/α,β-unsaturated/α-hetero) is 1. The summed E-state index contributed by atoms with van der Waals surface area (Å²) < 4.78 is 0. The van der Waals surface area contributed by atoms with Crippen molar-refractivity contribution in [2.75, 3.05) is 13.1 Å². The molecule has 0 spiro atoms. The van der Waals surface area contributed by atoms with Gasteiger partial charge in [0, 0.05) is 13.0 Å². The number of rotatable bonds is 5. The van der Waals surface area contributed by atoms with E-state index in [-0.39, 0.29) is 5.78 Å². The van der Waals surface area contributed by atoms with Crippen LogP contribution in [0, 0.1) is 0 Å². The van der Waals surface area contributed by atoms with E-state index in [0.717, 1.165) is 17.8 Å². The quantitative estimate of drug-likeness (QED) is 0.814. The van der Waals surface area contributed by atoms with Gasteiger partial charge in [0.1, 0.15) is 6.04 Å². The van der Waals surface area contributed by atoms with Crippen LogP contribution in [0.2, 0.25) is 0 Å². The van der Waals surface area contributed by atoms with Crippen molar-refractivity contribution in [1.82, 2.24) is 4.90 Å². The first-order valence-corrected chi connectivity index (χ1v) is 6.60. The van der Waals surface area contributed by atoms with Gasteiger partial charge in [0.05, 0.1) is 4.88 Å². The Labute approximate surface area is 104 Å². The number of hydrogen-bond donors (Lipinski definition) is 1. The van der Waals surface area contributed by atoms with Crippen LogP contribution in [-0.4, -0.2) is 40.9 Å². The second kappa shape index (κ2) is 5.42. The SMILES string of the molecule is O=C(CCN1CCCC1C(=O)O)c1cccs1. The third-order valence-electron chi connectivity index (χ3n) is 3.07. The van der Waals surface area contributed by atoms with Crippen molar-refractivity contribution < 1.29 is 14.7 Å². The third kappa shape index (κ3) is 2.92. The van der Waals surface area contributed by atoms with Crippen LogP contribution in [0.4, 0.5) is 0 Å². The molecule has 1 atom stereocenters. The molecule has 5 heteroatoms. The van der Waals surface area contributed by atoms with Crippen LogP contribution in [0.3, 0.4) is 0 Å². The predicted octanol–water partition coefficient (Wildman–Crippen LogP) is 1.87. The summed E-state index contributed by atoms with van der Waals surface area (Å²) >= 11 is 1.44. The highest BCUT2D eigenvalue weighted by atomic mass is 32.1. The molecule has 0 aromatic carbocycles. The summed E-state index contributed by atoms with van der Waals surface area (Å²) in [4.78, 5) is 25.4. The second-order valence-electron chi connectivity index (χ2n) is 4.18. The summed E-state index contributed by atoms with van der Waals surface area (Å²) in [6.07, 6.45) is 2.01. The fourth-order valence-electron chi connectivity index (χ4n) is 2.18. The molecule has 1 saturated heterocycles. The van der Waals surface area contributed by atoms with Gasteiger partial charge in [-0.15, -0.1) is 11.3 Å². The number of carbonyl (C=O) groups excluding carboxylic acids is 1. The van der Waals surface area contributed by atoms with Gasteiger partial charge >= 0.3 is 5.97 Å². The minimum absolute atomic E-state index is 0.107. The van der Waals surface area contributed by atoms with E-state index in [1.807, 2.05) is 22.4 Å². The molecule has 17 heavy (non-hydrogen) atoms. The molecule has 1 unspecified atom stereocenters. The molecule has 2 rings (SSSR count). The zero-order chi connectivity index (χ0) is 12.3. The molecule has 0 radical (unpaired) electrons. The topological polar surface area (TPSA) is 57.6 Å². The van der Waals surface area contributed by atoms with Crippen LogP contribution in [0.15, 0.2) is 17.5 Å². The molecule has 0 amide bonds. The normalized spacial score (nSPS) is 20.6. The Morgan fingerprint density at radius 1 is 1.53 bits per heavy atom. The van der Waals surface area contributed by atoms with E-state index in [2.05, 4.69) is 0 Å². The van der Waals surface area contributed by atoms with E-state index in [1.165, 1.54) is 11.3 Å². The van der Waals surface area contributed by atoms with Gasteiger partial charge in [0.2, 0.25) is 0 Å². The van der Waals surface area contributed by atoms with Crippen LogP contribution >= 0.6 is 11.3 Å². The number of thiophene rings is 1. The summed E-state index contributed by atoms with van der Waals surface area (Å²) in [6.45, 7) is 1.34. The zero-order valence-corrected chi connectivity index (χ0v) is 10.3. The van der Waals surface area contributed by atoms with Gasteiger partial charge in [-0.05, 0) is 30.8 Å². The number of ketones is 1. The predicted molar refractivity (Wildman–Crippen MR) is 65.5 cm³/mol. The minimum atomic E-state index is -0.772. The van der Waals surface area contributed by atoms with E-state index in [9.17, 15) is 9.59 Å². The molecule has 0 aliphatic carbocycles. The number of nitrogens with zero attached hydrogens (tertiary/aromatic N) is 1. The van der Waals surface area contributed by atoms with E-state index < -0.39 is 12.0 Å². The summed E-state index contributed by atoms with van der Waals surface area (Å²) in [6, 6.07) is 3.27. The Balaban J connectivity index is 1.86. The Kier molecular flexibility index (Phi) is 3.91. The van der Waals surface area contributed by atoms with Gasteiger partial charge < -0.3 is 5.11 Å². The minimum Gasteiger partial charge on any atom is -0.480 e. The maximum absolute atomic E-state index is 11.8. The van der Waals surface area contributed by atoms with E-state index in [4.69, 9.17) is 5.11 Å². The molecule has 92 valence electrons. The van der Waals surface area contributed by atoms with Crippen LogP contribution in [-0.2, 0) is 4.79 Å². The summed E-state index contributed by atoms with van der Waals surface area (Å²) in [5, 5.41) is 10.9. The Morgan fingerprint density at radius 2 is 2.35 bits per heavy atom. The van der Waals surface area contributed by atoms with Gasteiger partial charge in [-0.25, -0.2) is 0 Å². The van der Waals surface area contributed by atoms with Gasteiger partial charge in [-0.3, -0.25) is 14.5 Å². The molecule has 1 fully saturated rings. The van der Waals surface area contributed by atoms with Gasteiger partial charge in [-0.1, -0.05) is 6.07 Å². The molecule has 1 aliphatic rings. The molecule has 1 aromatic rings. The Morgan fingerprint density at radius 3 is 3.00 bits per heavy atom. The lowest BCUT2D eigenvalue weighted by molar-refractivity contribution is -0.142. The lowest BCUT2D eigenvalue weighted by atomic mass is 10.2. The molecule has 1 N–H and O–H groups in total. The summed E-state index contributed by atoms with van der Waals surface area (Å²) in [5.74, 6) is -0.665. The molecule has 4 nitrogen and oxygen atoms in total. The number of aliphatic carboxylic acids is 1. The fourth-order valence-corrected chi connectivity index (χ4v) is 2.87. The van der Waals surface area contributed by atoms with Crippen LogP contribution in [0.1, 0.15) is 28.9 Å². The first kappa shape index (κ1) is 12.3. The largest absolute Gasteiger partial charge is 0.480 e. The highest BCUT2D eigenvalue weighted by Crippen LogP contribution is 2.19. The maximum atomic E-state index is 11.8.